The Hall–Kier alpha value is -2.02. The zero-order valence-corrected chi connectivity index (χ0v) is 16.0. The third-order valence-corrected chi connectivity index (χ3v) is 5.95. The van der Waals surface area contributed by atoms with Gasteiger partial charge in [-0.3, -0.25) is 4.90 Å². The van der Waals surface area contributed by atoms with Crippen molar-refractivity contribution in [3.63, 3.8) is 0 Å². The molecular weight excluding hydrogens is 342 g/mol. The molecule has 136 valence electrons. The molecule has 1 fully saturated rings. The highest BCUT2D eigenvalue weighted by molar-refractivity contribution is 7.16. The Labute approximate surface area is 158 Å². The number of anilines is 1. The van der Waals surface area contributed by atoms with Crippen LogP contribution in [0, 0.1) is 0 Å². The van der Waals surface area contributed by atoms with Gasteiger partial charge in [-0.05, 0) is 29.1 Å². The number of likely N-dealkylation sites (N-methyl/N-ethyl adjacent to an activating group) is 1. The van der Waals surface area contributed by atoms with Gasteiger partial charge in [0.25, 0.3) is 0 Å². The van der Waals surface area contributed by atoms with Crippen molar-refractivity contribution in [3.8, 4) is 0 Å². The Morgan fingerprint density at radius 3 is 2.58 bits per heavy atom. The quantitative estimate of drug-likeness (QED) is 0.723. The van der Waals surface area contributed by atoms with E-state index >= 15 is 0 Å². The van der Waals surface area contributed by atoms with E-state index in [1.165, 1.54) is 24.2 Å². The molecule has 0 radical (unpaired) electrons. The molecule has 0 amide bonds. The summed E-state index contributed by atoms with van der Waals surface area (Å²) in [6, 6.07) is 10.8. The summed E-state index contributed by atoms with van der Waals surface area (Å²) in [4.78, 5) is 14.9. The summed E-state index contributed by atoms with van der Waals surface area (Å²) in [7, 11) is 0. The molecule has 4 rings (SSSR count). The van der Waals surface area contributed by atoms with Gasteiger partial charge in [0.05, 0.1) is 5.39 Å². The predicted molar refractivity (Wildman–Crippen MR) is 109 cm³/mol. The van der Waals surface area contributed by atoms with Gasteiger partial charge >= 0.3 is 0 Å². The summed E-state index contributed by atoms with van der Waals surface area (Å²) in [6.45, 7) is 9.86. The number of piperazine rings is 1. The van der Waals surface area contributed by atoms with Gasteiger partial charge in [0.15, 0.2) is 0 Å². The van der Waals surface area contributed by atoms with E-state index in [2.05, 4.69) is 67.7 Å². The Morgan fingerprint density at radius 1 is 1.00 bits per heavy atom. The molecule has 26 heavy (non-hydrogen) atoms. The number of nitrogens with zero attached hydrogens (tertiary/aromatic N) is 4. The van der Waals surface area contributed by atoms with Gasteiger partial charge in [-0.15, -0.1) is 11.3 Å². The normalized spacial score (nSPS) is 16.2. The standard InChI is InChI=1S/C20H25N5S/c1-2-24-8-10-25(11-9-24)14-17-6-4-3-5-16(17)13-21-19-18-7-12-26-20(18)23-15-22-19/h3-7,12,15H,2,8-11,13-14H2,1H3,(H,21,22,23). The second-order valence-electron chi connectivity index (χ2n) is 6.69. The number of hydrogen-bond donors (Lipinski definition) is 1. The van der Waals surface area contributed by atoms with E-state index in [1.54, 1.807) is 17.7 Å². The maximum absolute atomic E-state index is 4.43. The fourth-order valence-electron chi connectivity index (χ4n) is 3.50. The minimum Gasteiger partial charge on any atom is -0.365 e. The molecule has 0 atom stereocenters. The average Bonchev–Trinajstić information content (AvgIpc) is 3.17. The molecular formula is C20H25N5S. The van der Waals surface area contributed by atoms with Crippen molar-refractivity contribution in [2.75, 3.05) is 38.0 Å². The molecule has 3 aromatic rings. The van der Waals surface area contributed by atoms with Crippen molar-refractivity contribution >= 4 is 27.4 Å². The van der Waals surface area contributed by atoms with Gasteiger partial charge < -0.3 is 10.2 Å². The largest absolute Gasteiger partial charge is 0.365 e. The molecule has 0 saturated carbocycles. The summed E-state index contributed by atoms with van der Waals surface area (Å²) in [5, 5.41) is 6.68. The minimum atomic E-state index is 0.785. The first kappa shape index (κ1) is 17.4. The Kier molecular flexibility index (Phi) is 5.43. The number of fused-ring (bicyclic) bond motifs is 1. The van der Waals surface area contributed by atoms with Crippen LogP contribution in [-0.2, 0) is 13.1 Å². The smallest absolute Gasteiger partial charge is 0.138 e. The highest BCUT2D eigenvalue weighted by Crippen LogP contribution is 2.24. The summed E-state index contributed by atoms with van der Waals surface area (Å²) >= 11 is 1.65. The van der Waals surface area contributed by atoms with Crippen molar-refractivity contribution < 1.29 is 0 Å². The minimum absolute atomic E-state index is 0.785. The topological polar surface area (TPSA) is 44.3 Å². The van der Waals surface area contributed by atoms with Crippen LogP contribution < -0.4 is 5.32 Å². The highest BCUT2D eigenvalue weighted by atomic mass is 32.1. The van der Waals surface area contributed by atoms with Crippen LogP contribution in [0.3, 0.4) is 0 Å². The summed E-state index contributed by atoms with van der Waals surface area (Å²) in [6.07, 6.45) is 1.64. The van der Waals surface area contributed by atoms with E-state index in [9.17, 15) is 0 Å². The van der Waals surface area contributed by atoms with Gasteiger partial charge in [0.2, 0.25) is 0 Å². The average molecular weight is 368 g/mol. The molecule has 0 spiro atoms. The molecule has 0 bridgehead atoms. The molecule has 2 aromatic heterocycles. The molecule has 1 aromatic carbocycles. The monoisotopic (exact) mass is 367 g/mol. The van der Waals surface area contributed by atoms with Crippen LogP contribution in [-0.4, -0.2) is 52.5 Å². The molecule has 1 aliphatic heterocycles. The number of benzene rings is 1. The maximum atomic E-state index is 4.43. The third kappa shape index (κ3) is 3.87. The lowest BCUT2D eigenvalue weighted by molar-refractivity contribution is 0.131. The summed E-state index contributed by atoms with van der Waals surface area (Å²) < 4.78 is 0. The van der Waals surface area contributed by atoms with E-state index in [1.807, 2.05) is 0 Å². The lowest BCUT2D eigenvalue weighted by Crippen LogP contribution is -2.45. The van der Waals surface area contributed by atoms with E-state index in [-0.39, 0.29) is 0 Å². The van der Waals surface area contributed by atoms with E-state index < -0.39 is 0 Å². The van der Waals surface area contributed by atoms with E-state index in [0.29, 0.717) is 0 Å². The van der Waals surface area contributed by atoms with Gasteiger partial charge in [-0.2, -0.15) is 0 Å². The van der Waals surface area contributed by atoms with Gasteiger partial charge in [-0.25, -0.2) is 9.97 Å². The number of hydrogen-bond acceptors (Lipinski definition) is 6. The first-order valence-electron chi connectivity index (χ1n) is 9.27. The van der Waals surface area contributed by atoms with Gasteiger partial charge in [0.1, 0.15) is 17.0 Å². The highest BCUT2D eigenvalue weighted by Gasteiger charge is 2.16. The van der Waals surface area contributed by atoms with Crippen molar-refractivity contribution in [2.45, 2.75) is 20.0 Å². The van der Waals surface area contributed by atoms with Crippen LogP contribution in [0.15, 0.2) is 42.0 Å². The molecule has 1 N–H and O–H groups in total. The van der Waals surface area contributed by atoms with Crippen molar-refractivity contribution in [1.29, 1.82) is 0 Å². The fraction of sp³-hybridized carbons (Fsp3) is 0.400. The number of nitrogens with one attached hydrogen (secondary N) is 1. The second kappa shape index (κ2) is 8.12. The molecule has 5 nitrogen and oxygen atoms in total. The lowest BCUT2D eigenvalue weighted by Gasteiger charge is -2.34. The molecule has 3 heterocycles. The molecule has 1 aliphatic rings. The number of rotatable bonds is 6. The van der Waals surface area contributed by atoms with Crippen LogP contribution in [0.25, 0.3) is 10.2 Å². The fourth-order valence-corrected chi connectivity index (χ4v) is 4.23. The van der Waals surface area contributed by atoms with Crippen LogP contribution in [0.5, 0.6) is 0 Å². The van der Waals surface area contributed by atoms with Crippen molar-refractivity contribution in [3.05, 3.63) is 53.2 Å². The van der Waals surface area contributed by atoms with Crippen LogP contribution in [0.2, 0.25) is 0 Å². The first-order chi connectivity index (χ1) is 12.8. The van der Waals surface area contributed by atoms with Crippen LogP contribution in [0.1, 0.15) is 18.1 Å². The van der Waals surface area contributed by atoms with Crippen LogP contribution >= 0.6 is 11.3 Å². The SMILES string of the molecule is CCN1CCN(Cc2ccccc2CNc2ncnc3sccc23)CC1. The van der Waals surface area contributed by atoms with Gasteiger partial charge in [-0.1, -0.05) is 31.2 Å². The molecule has 1 saturated heterocycles. The Bertz CT molecular complexity index is 854. The summed E-state index contributed by atoms with van der Waals surface area (Å²) in [5.74, 6) is 0.919. The number of aromatic nitrogens is 2. The molecule has 0 unspecified atom stereocenters. The van der Waals surface area contributed by atoms with E-state index in [4.69, 9.17) is 0 Å². The Balaban J connectivity index is 1.44. The Morgan fingerprint density at radius 2 is 1.77 bits per heavy atom. The zero-order chi connectivity index (χ0) is 17.8. The lowest BCUT2D eigenvalue weighted by atomic mass is 10.1. The number of thiophene rings is 1. The zero-order valence-electron chi connectivity index (χ0n) is 15.2. The molecule has 6 heteroatoms. The van der Waals surface area contributed by atoms with Crippen molar-refractivity contribution in [2.24, 2.45) is 0 Å². The summed E-state index contributed by atoms with van der Waals surface area (Å²) in [5.41, 5.74) is 2.74. The second-order valence-corrected chi connectivity index (χ2v) is 7.59. The maximum Gasteiger partial charge on any atom is 0.138 e. The first-order valence-corrected chi connectivity index (χ1v) is 10.1. The van der Waals surface area contributed by atoms with Crippen LogP contribution in [0.4, 0.5) is 5.82 Å². The predicted octanol–water partition coefficient (Wildman–Crippen LogP) is 3.44. The molecule has 0 aliphatic carbocycles. The van der Waals surface area contributed by atoms with Gasteiger partial charge in [0, 0.05) is 39.3 Å². The third-order valence-electron chi connectivity index (χ3n) is 5.13. The van der Waals surface area contributed by atoms with E-state index in [0.717, 1.165) is 48.8 Å². The van der Waals surface area contributed by atoms with Crippen molar-refractivity contribution in [1.82, 2.24) is 19.8 Å².